The highest BCUT2D eigenvalue weighted by Gasteiger charge is 2.18. The van der Waals surface area contributed by atoms with Gasteiger partial charge in [-0.15, -0.1) is 11.6 Å². The molecule has 0 aliphatic carbocycles. The van der Waals surface area contributed by atoms with Gasteiger partial charge < -0.3 is 10.1 Å². The lowest BCUT2D eigenvalue weighted by Crippen LogP contribution is -2.37. The number of morpholine rings is 1. The lowest BCUT2D eigenvalue weighted by molar-refractivity contribution is -0.113. The number of halogens is 1. The van der Waals surface area contributed by atoms with E-state index in [4.69, 9.17) is 16.3 Å². The molecule has 19 heavy (non-hydrogen) atoms. The Labute approximate surface area is 118 Å². The largest absolute Gasteiger partial charge is 0.379 e. The summed E-state index contributed by atoms with van der Waals surface area (Å²) in [5.74, 6) is -0.206. The third-order valence-corrected chi connectivity index (χ3v) is 3.63. The lowest BCUT2D eigenvalue weighted by atomic mass is 10.1. The minimum absolute atomic E-state index is 0.0219. The molecule has 1 atom stereocenters. The summed E-state index contributed by atoms with van der Waals surface area (Å²) in [6.07, 6.45) is 0. The summed E-state index contributed by atoms with van der Waals surface area (Å²) in [6.45, 7) is 5.72. The van der Waals surface area contributed by atoms with Gasteiger partial charge in [0, 0.05) is 24.8 Å². The third kappa shape index (κ3) is 3.93. The topological polar surface area (TPSA) is 41.6 Å². The number of nitrogens with zero attached hydrogens (tertiary/aromatic N) is 1. The van der Waals surface area contributed by atoms with Crippen molar-refractivity contribution in [3.05, 3.63) is 29.8 Å². The maximum Gasteiger partial charge on any atom is 0.239 e. The highest BCUT2D eigenvalue weighted by Crippen LogP contribution is 2.22. The minimum atomic E-state index is -0.185. The van der Waals surface area contributed by atoms with E-state index in [2.05, 4.69) is 17.1 Å². The first kappa shape index (κ1) is 14.3. The van der Waals surface area contributed by atoms with Crippen LogP contribution in [0.5, 0.6) is 0 Å². The zero-order chi connectivity index (χ0) is 13.7. The average molecular weight is 283 g/mol. The molecule has 5 heteroatoms. The molecule has 1 aromatic rings. The molecule has 1 unspecified atom stereocenters. The van der Waals surface area contributed by atoms with Crippen molar-refractivity contribution in [2.24, 2.45) is 0 Å². The zero-order valence-electron chi connectivity index (χ0n) is 11.1. The van der Waals surface area contributed by atoms with Crippen LogP contribution in [0.3, 0.4) is 0 Å². The predicted molar refractivity (Wildman–Crippen MR) is 76.6 cm³/mol. The van der Waals surface area contributed by atoms with Gasteiger partial charge in [0.2, 0.25) is 5.91 Å². The average Bonchev–Trinajstić information content (AvgIpc) is 2.48. The van der Waals surface area contributed by atoms with E-state index in [1.54, 1.807) is 0 Å². The van der Waals surface area contributed by atoms with E-state index in [-0.39, 0.29) is 11.8 Å². The zero-order valence-corrected chi connectivity index (χ0v) is 11.8. The Morgan fingerprint density at radius 2 is 2.00 bits per heavy atom. The molecule has 0 aromatic heterocycles. The molecular weight excluding hydrogens is 264 g/mol. The van der Waals surface area contributed by atoms with Crippen LogP contribution in [0.4, 0.5) is 5.69 Å². The van der Waals surface area contributed by atoms with Crippen molar-refractivity contribution in [3.63, 3.8) is 0 Å². The van der Waals surface area contributed by atoms with Crippen LogP contribution in [0, 0.1) is 0 Å². The van der Waals surface area contributed by atoms with Crippen LogP contribution in [0.1, 0.15) is 18.5 Å². The highest BCUT2D eigenvalue weighted by molar-refractivity contribution is 6.29. The predicted octanol–water partition coefficient (Wildman–Crippen LogP) is 2.26. The summed E-state index contributed by atoms with van der Waals surface area (Å²) in [7, 11) is 0. The molecule has 1 aromatic carbocycles. The van der Waals surface area contributed by atoms with E-state index in [1.165, 1.54) is 5.56 Å². The van der Waals surface area contributed by atoms with Crippen molar-refractivity contribution in [2.75, 3.05) is 37.5 Å². The van der Waals surface area contributed by atoms with E-state index in [1.807, 2.05) is 24.3 Å². The number of amides is 1. The van der Waals surface area contributed by atoms with E-state index in [9.17, 15) is 4.79 Å². The number of alkyl halides is 1. The Bertz CT molecular complexity index is 416. The van der Waals surface area contributed by atoms with Gasteiger partial charge in [-0.05, 0) is 24.6 Å². The van der Waals surface area contributed by atoms with Gasteiger partial charge in [-0.2, -0.15) is 0 Å². The number of rotatable bonds is 4. The molecule has 0 saturated carbocycles. The number of hydrogen-bond acceptors (Lipinski definition) is 3. The monoisotopic (exact) mass is 282 g/mol. The van der Waals surface area contributed by atoms with Gasteiger partial charge in [0.15, 0.2) is 0 Å². The van der Waals surface area contributed by atoms with Gasteiger partial charge in [-0.1, -0.05) is 12.1 Å². The summed E-state index contributed by atoms with van der Waals surface area (Å²) >= 11 is 5.45. The van der Waals surface area contributed by atoms with E-state index in [0.29, 0.717) is 6.04 Å². The Balaban J connectivity index is 1.98. The highest BCUT2D eigenvalue weighted by atomic mass is 35.5. The molecule has 1 amide bonds. The van der Waals surface area contributed by atoms with Gasteiger partial charge in [0.25, 0.3) is 0 Å². The number of benzene rings is 1. The molecule has 1 N–H and O–H groups in total. The molecule has 2 rings (SSSR count). The van der Waals surface area contributed by atoms with E-state index in [0.717, 1.165) is 32.0 Å². The molecule has 1 heterocycles. The Morgan fingerprint density at radius 1 is 1.37 bits per heavy atom. The second-order valence-electron chi connectivity index (χ2n) is 4.63. The Kier molecular flexibility index (Phi) is 5.19. The Morgan fingerprint density at radius 3 is 2.58 bits per heavy atom. The van der Waals surface area contributed by atoms with Crippen LogP contribution in [-0.2, 0) is 9.53 Å². The van der Waals surface area contributed by atoms with Crippen LogP contribution in [-0.4, -0.2) is 43.0 Å². The van der Waals surface area contributed by atoms with Gasteiger partial charge in [-0.3, -0.25) is 9.69 Å². The summed E-state index contributed by atoms with van der Waals surface area (Å²) < 4.78 is 5.36. The molecule has 1 aliphatic heterocycles. The molecule has 1 aliphatic rings. The standard InChI is InChI=1S/C14H19ClN2O2/c1-11(17-6-8-19-9-7-17)12-2-4-13(5-3-12)16-14(18)10-15/h2-5,11H,6-10H2,1H3,(H,16,18). The van der Waals surface area contributed by atoms with Crippen LogP contribution in [0.25, 0.3) is 0 Å². The molecule has 0 spiro atoms. The number of nitrogens with one attached hydrogen (secondary N) is 1. The van der Waals surface area contributed by atoms with Crippen LogP contribution in [0.15, 0.2) is 24.3 Å². The fraction of sp³-hybridized carbons (Fsp3) is 0.500. The number of hydrogen-bond donors (Lipinski definition) is 1. The van der Waals surface area contributed by atoms with Gasteiger partial charge in [0.1, 0.15) is 5.88 Å². The first-order valence-electron chi connectivity index (χ1n) is 6.48. The van der Waals surface area contributed by atoms with Crippen molar-refractivity contribution in [2.45, 2.75) is 13.0 Å². The lowest BCUT2D eigenvalue weighted by Gasteiger charge is -2.32. The molecule has 0 bridgehead atoms. The molecule has 4 nitrogen and oxygen atoms in total. The second-order valence-corrected chi connectivity index (χ2v) is 4.90. The van der Waals surface area contributed by atoms with E-state index >= 15 is 0 Å². The number of ether oxygens (including phenoxy) is 1. The van der Waals surface area contributed by atoms with Gasteiger partial charge in [0.05, 0.1) is 13.2 Å². The second kappa shape index (κ2) is 6.89. The normalized spacial score (nSPS) is 18.0. The molecule has 1 saturated heterocycles. The first-order chi connectivity index (χ1) is 9.20. The summed E-state index contributed by atoms with van der Waals surface area (Å²) in [4.78, 5) is 13.6. The van der Waals surface area contributed by atoms with Crippen molar-refractivity contribution >= 4 is 23.2 Å². The first-order valence-corrected chi connectivity index (χ1v) is 7.01. The van der Waals surface area contributed by atoms with Crippen molar-refractivity contribution in [1.29, 1.82) is 0 Å². The number of anilines is 1. The Hall–Kier alpha value is -1.10. The maximum absolute atomic E-state index is 11.2. The molecule has 0 radical (unpaired) electrons. The maximum atomic E-state index is 11.2. The summed E-state index contributed by atoms with van der Waals surface area (Å²) in [6, 6.07) is 8.28. The van der Waals surface area contributed by atoms with Crippen molar-refractivity contribution in [3.8, 4) is 0 Å². The number of carbonyl (C=O) groups is 1. The number of carbonyl (C=O) groups excluding carboxylic acids is 1. The van der Waals surface area contributed by atoms with Crippen LogP contribution in [0.2, 0.25) is 0 Å². The van der Waals surface area contributed by atoms with Gasteiger partial charge >= 0.3 is 0 Å². The van der Waals surface area contributed by atoms with Crippen molar-refractivity contribution < 1.29 is 9.53 Å². The van der Waals surface area contributed by atoms with Crippen LogP contribution >= 0.6 is 11.6 Å². The summed E-state index contributed by atoms with van der Waals surface area (Å²) in [5.41, 5.74) is 2.02. The van der Waals surface area contributed by atoms with Gasteiger partial charge in [-0.25, -0.2) is 0 Å². The van der Waals surface area contributed by atoms with Crippen LogP contribution < -0.4 is 5.32 Å². The fourth-order valence-corrected chi connectivity index (χ4v) is 2.28. The van der Waals surface area contributed by atoms with Crippen molar-refractivity contribution in [1.82, 2.24) is 4.90 Å². The molecule has 104 valence electrons. The SMILES string of the molecule is CC(c1ccc(NC(=O)CCl)cc1)N1CCOCC1. The minimum Gasteiger partial charge on any atom is -0.379 e. The smallest absolute Gasteiger partial charge is 0.239 e. The summed E-state index contributed by atoms with van der Waals surface area (Å²) in [5, 5.41) is 2.73. The molecular formula is C14H19ClN2O2. The fourth-order valence-electron chi connectivity index (χ4n) is 2.21. The quantitative estimate of drug-likeness (QED) is 0.862. The third-order valence-electron chi connectivity index (χ3n) is 3.39. The molecule has 1 fully saturated rings. The van der Waals surface area contributed by atoms with E-state index < -0.39 is 0 Å².